The highest BCUT2D eigenvalue weighted by Crippen LogP contribution is 2.34. The minimum atomic E-state index is -4.48. The molecular weight excluding hydrogens is 353 g/mol. The van der Waals surface area contributed by atoms with Crippen LogP contribution in [0.1, 0.15) is 24.1 Å². The number of nitrogens with zero attached hydrogens (tertiary/aromatic N) is 4. The second-order valence-electron chi connectivity index (χ2n) is 6.58. The summed E-state index contributed by atoms with van der Waals surface area (Å²) in [6.07, 6.45) is 1.06. The largest absolute Gasteiger partial charge is 0.435 e. The van der Waals surface area contributed by atoms with Crippen LogP contribution in [0.25, 0.3) is 11.1 Å². The van der Waals surface area contributed by atoms with Crippen LogP contribution in [0.4, 0.5) is 19.0 Å². The molecular formula is C20H17F3N4. The second-order valence-corrected chi connectivity index (χ2v) is 6.58. The molecule has 1 aliphatic carbocycles. The van der Waals surface area contributed by atoms with E-state index < -0.39 is 11.9 Å². The summed E-state index contributed by atoms with van der Waals surface area (Å²) in [5.74, 6) is 0.470. The molecule has 0 bridgehead atoms. The predicted molar refractivity (Wildman–Crippen MR) is 95.9 cm³/mol. The second kappa shape index (κ2) is 6.98. The number of alkyl halides is 3. The van der Waals surface area contributed by atoms with Gasteiger partial charge >= 0.3 is 6.18 Å². The summed E-state index contributed by atoms with van der Waals surface area (Å²) < 4.78 is 38.2. The lowest BCUT2D eigenvalue weighted by Gasteiger charge is -2.23. The van der Waals surface area contributed by atoms with Crippen LogP contribution in [0.15, 0.2) is 60.9 Å². The summed E-state index contributed by atoms with van der Waals surface area (Å²) in [7, 11) is 0. The van der Waals surface area contributed by atoms with Crippen molar-refractivity contribution in [3.05, 3.63) is 72.2 Å². The molecule has 2 aromatic heterocycles. The molecule has 0 atom stereocenters. The molecule has 1 fully saturated rings. The molecule has 27 heavy (non-hydrogen) atoms. The number of rotatable bonds is 5. The highest BCUT2D eigenvalue weighted by atomic mass is 19.4. The molecule has 0 saturated heterocycles. The van der Waals surface area contributed by atoms with Crippen molar-refractivity contribution in [3.63, 3.8) is 0 Å². The SMILES string of the molecule is FC(F)(F)c1ccc(N(Cc2cccc(-c3cccnc3)c2)C2CC2)nn1. The molecule has 7 heteroatoms. The van der Waals surface area contributed by atoms with Crippen LogP contribution >= 0.6 is 0 Å². The van der Waals surface area contributed by atoms with Gasteiger partial charge in [-0.25, -0.2) is 0 Å². The first-order valence-electron chi connectivity index (χ1n) is 8.67. The van der Waals surface area contributed by atoms with Crippen molar-refractivity contribution in [2.24, 2.45) is 0 Å². The van der Waals surface area contributed by atoms with Crippen LogP contribution in [0, 0.1) is 0 Å². The fraction of sp³-hybridized carbons (Fsp3) is 0.250. The minimum absolute atomic E-state index is 0.290. The molecule has 0 amide bonds. The summed E-state index contributed by atoms with van der Waals surface area (Å²) in [5, 5.41) is 7.19. The topological polar surface area (TPSA) is 41.9 Å². The zero-order valence-corrected chi connectivity index (χ0v) is 14.4. The number of benzene rings is 1. The van der Waals surface area contributed by atoms with Gasteiger partial charge in [0, 0.05) is 25.0 Å². The first kappa shape index (κ1) is 17.5. The number of aromatic nitrogens is 3. The lowest BCUT2D eigenvalue weighted by Crippen LogP contribution is -2.26. The molecule has 1 saturated carbocycles. The molecule has 0 aliphatic heterocycles. The van der Waals surface area contributed by atoms with Gasteiger partial charge < -0.3 is 4.90 Å². The Morgan fingerprint density at radius 2 is 1.78 bits per heavy atom. The Balaban J connectivity index is 1.58. The van der Waals surface area contributed by atoms with E-state index >= 15 is 0 Å². The van der Waals surface area contributed by atoms with Gasteiger partial charge in [-0.15, -0.1) is 10.2 Å². The van der Waals surface area contributed by atoms with E-state index in [1.54, 1.807) is 12.4 Å². The molecule has 0 radical (unpaired) electrons. The number of hydrogen-bond acceptors (Lipinski definition) is 4. The van der Waals surface area contributed by atoms with E-state index in [0.29, 0.717) is 12.4 Å². The van der Waals surface area contributed by atoms with Gasteiger partial charge in [0.25, 0.3) is 0 Å². The highest BCUT2D eigenvalue weighted by molar-refractivity contribution is 5.63. The smallest absolute Gasteiger partial charge is 0.348 e. The first-order chi connectivity index (χ1) is 13.0. The van der Waals surface area contributed by atoms with Crippen molar-refractivity contribution >= 4 is 5.82 Å². The molecule has 3 aromatic rings. The Kier molecular flexibility index (Phi) is 4.51. The van der Waals surface area contributed by atoms with Gasteiger partial charge in [-0.2, -0.15) is 13.2 Å². The number of hydrogen-bond donors (Lipinski definition) is 0. The highest BCUT2D eigenvalue weighted by Gasteiger charge is 2.34. The molecule has 1 aliphatic rings. The number of pyridine rings is 1. The average molecular weight is 370 g/mol. The molecule has 4 rings (SSSR count). The molecule has 138 valence electrons. The van der Waals surface area contributed by atoms with Crippen molar-refractivity contribution in [1.82, 2.24) is 15.2 Å². The van der Waals surface area contributed by atoms with Crippen LogP contribution in [0.5, 0.6) is 0 Å². The van der Waals surface area contributed by atoms with Gasteiger partial charge in [0.2, 0.25) is 0 Å². The third-order valence-corrected chi connectivity index (χ3v) is 4.50. The van der Waals surface area contributed by atoms with Crippen LogP contribution in [0.3, 0.4) is 0 Å². The van der Waals surface area contributed by atoms with Gasteiger partial charge in [-0.3, -0.25) is 4.98 Å². The van der Waals surface area contributed by atoms with E-state index in [2.05, 4.69) is 21.2 Å². The number of anilines is 1. The lowest BCUT2D eigenvalue weighted by molar-refractivity contribution is -0.141. The van der Waals surface area contributed by atoms with Gasteiger partial charge in [-0.1, -0.05) is 24.3 Å². The van der Waals surface area contributed by atoms with Gasteiger partial charge in [0.05, 0.1) is 0 Å². The Labute approximate surface area is 154 Å². The van der Waals surface area contributed by atoms with E-state index in [9.17, 15) is 13.2 Å². The van der Waals surface area contributed by atoms with Crippen LogP contribution in [0.2, 0.25) is 0 Å². The first-order valence-corrected chi connectivity index (χ1v) is 8.67. The summed E-state index contributed by atoms with van der Waals surface area (Å²) in [6.45, 7) is 0.568. The van der Waals surface area contributed by atoms with Crippen molar-refractivity contribution in [3.8, 4) is 11.1 Å². The number of halogens is 3. The third kappa shape index (κ3) is 4.07. The van der Waals surface area contributed by atoms with Crippen molar-refractivity contribution in [2.45, 2.75) is 31.6 Å². The summed E-state index contributed by atoms with van der Waals surface area (Å²) in [4.78, 5) is 6.17. The quantitative estimate of drug-likeness (QED) is 0.651. The zero-order chi connectivity index (χ0) is 18.9. The average Bonchev–Trinajstić information content (AvgIpc) is 3.52. The molecule has 0 N–H and O–H groups in total. The Morgan fingerprint density at radius 1 is 0.963 bits per heavy atom. The van der Waals surface area contributed by atoms with Crippen LogP contribution in [-0.2, 0) is 12.7 Å². The molecule has 2 heterocycles. The monoisotopic (exact) mass is 370 g/mol. The maximum atomic E-state index is 12.7. The summed E-state index contributed by atoms with van der Waals surface area (Å²) in [5.41, 5.74) is 2.16. The molecule has 0 unspecified atom stereocenters. The molecule has 0 spiro atoms. The van der Waals surface area contributed by atoms with E-state index in [1.165, 1.54) is 6.07 Å². The Bertz CT molecular complexity index is 907. The molecule has 1 aromatic carbocycles. The lowest BCUT2D eigenvalue weighted by atomic mass is 10.0. The van der Waals surface area contributed by atoms with E-state index in [1.807, 2.05) is 35.2 Å². The maximum absolute atomic E-state index is 12.7. The normalized spacial score (nSPS) is 14.2. The third-order valence-electron chi connectivity index (χ3n) is 4.50. The Morgan fingerprint density at radius 3 is 2.41 bits per heavy atom. The Hall–Kier alpha value is -2.96. The van der Waals surface area contributed by atoms with E-state index in [0.717, 1.165) is 35.6 Å². The maximum Gasteiger partial charge on any atom is 0.435 e. The fourth-order valence-electron chi connectivity index (χ4n) is 2.99. The standard InChI is InChI=1S/C20H17F3N4/c21-20(22,23)18-8-9-19(26-25-18)27(17-6-7-17)13-14-3-1-4-15(11-14)16-5-2-10-24-12-16/h1-5,8-12,17H,6-7,13H2. The van der Waals surface area contributed by atoms with Crippen molar-refractivity contribution in [1.29, 1.82) is 0 Å². The van der Waals surface area contributed by atoms with E-state index in [4.69, 9.17) is 0 Å². The minimum Gasteiger partial charge on any atom is -0.348 e. The summed E-state index contributed by atoms with van der Waals surface area (Å²) >= 11 is 0. The van der Waals surface area contributed by atoms with Gasteiger partial charge in [0.1, 0.15) is 0 Å². The van der Waals surface area contributed by atoms with Gasteiger partial charge in [-0.05, 0) is 53.8 Å². The van der Waals surface area contributed by atoms with Crippen molar-refractivity contribution < 1.29 is 13.2 Å². The molecule has 4 nitrogen and oxygen atoms in total. The van der Waals surface area contributed by atoms with Crippen LogP contribution < -0.4 is 4.90 Å². The van der Waals surface area contributed by atoms with Crippen LogP contribution in [-0.4, -0.2) is 21.2 Å². The van der Waals surface area contributed by atoms with E-state index in [-0.39, 0.29) is 6.04 Å². The van der Waals surface area contributed by atoms with Gasteiger partial charge in [0.15, 0.2) is 11.5 Å². The fourth-order valence-corrected chi connectivity index (χ4v) is 2.99. The summed E-state index contributed by atoms with van der Waals surface area (Å²) in [6, 6.07) is 14.6. The zero-order valence-electron chi connectivity index (χ0n) is 14.4. The van der Waals surface area contributed by atoms with Crippen molar-refractivity contribution in [2.75, 3.05) is 4.90 Å². The predicted octanol–water partition coefficient (Wildman–Crippen LogP) is 4.73.